The summed E-state index contributed by atoms with van der Waals surface area (Å²) in [5.41, 5.74) is 0.742. The van der Waals surface area contributed by atoms with Gasteiger partial charge < -0.3 is 10.1 Å². The van der Waals surface area contributed by atoms with Gasteiger partial charge in [-0.05, 0) is 12.1 Å². The zero-order valence-corrected chi connectivity index (χ0v) is 13.0. The van der Waals surface area contributed by atoms with E-state index in [1.165, 1.54) is 0 Å². The average Bonchev–Trinajstić information content (AvgIpc) is 2.54. The fourth-order valence-electron chi connectivity index (χ4n) is 2.18. The minimum Gasteiger partial charge on any atom is -0.379 e. The Balaban J connectivity index is 1.83. The van der Waals surface area contributed by atoms with Crippen LogP contribution >= 0.6 is 11.8 Å². The molecule has 1 aromatic carbocycles. The lowest BCUT2D eigenvalue weighted by atomic mass is 10.2. The lowest BCUT2D eigenvalue weighted by molar-refractivity contribution is 0.0383. The zero-order chi connectivity index (χ0) is 14.9. The maximum Gasteiger partial charge on any atom is 0.252 e. The second-order valence-corrected chi connectivity index (χ2v) is 5.87. The number of carbonyl (C=O) groups excluding carboxylic acids is 1. The molecule has 1 heterocycles. The van der Waals surface area contributed by atoms with Crippen molar-refractivity contribution >= 4 is 17.7 Å². The summed E-state index contributed by atoms with van der Waals surface area (Å²) in [4.78, 5) is 15.6. The molecule has 1 saturated heterocycles. The first-order chi connectivity index (χ1) is 10.3. The number of morpholine rings is 1. The van der Waals surface area contributed by atoms with Crippen LogP contribution in [-0.2, 0) is 4.74 Å². The van der Waals surface area contributed by atoms with Crippen LogP contribution in [0.3, 0.4) is 0 Å². The highest BCUT2D eigenvalue weighted by molar-refractivity contribution is 7.99. The Bertz CT molecular complexity index is 473. The van der Waals surface area contributed by atoms with Crippen LogP contribution in [0.2, 0.25) is 0 Å². The number of amides is 1. The van der Waals surface area contributed by atoms with Crippen LogP contribution in [0, 0.1) is 0 Å². The quantitative estimate of drug-likeness (QED) is 0.618. The summed E-state index contributed by atoms with van der Waals surface area (Å²) >= 11 is 1.63. The fraction of sp³-hybridized carbons (Fsp3) is 0.438. The second kappa shape index (κ2) is 8.87. The molecule has 4 nitrogen and oxygen atoms in total. The van der Waals surface area contributed by atoms with Gasteiger partial charge in [-0.3, -0.25) is 9.69 Å². The molecule has 0 spiro atoms. The van der Waals surface area contributed by atoms with Gasteiger partial charge in [0.15, 0.2) is 0 Å². The largest absolute Gasteiger partial charge is 0.379 e. The normalized spacial score (nSPS) is 15.6. The van der Waals surface area contributed by atoms with E-state index in [0.29, 0.717) is 6.54 Å². The van der Waals surface area contributed by atoms with Crippen molar-refractivity contribution in [2.75, 3.05) is 45.1 Å². The van der Waals surface area contributed by atoms with Gasteiger partial charge in [-0.15, -0.1) is 18.3 Å². The summed E-state index contributed by atoms with van der Waals surface area (Å²) in [5.74, 6) is 0.799. The molecule has 1 fully saturated rings. The van der Waals surface area contributed by atoms with Crippen molar-refractivity contribution in [2.45, 2.75) is 4.90 Å². The van der Waals surface area contributed by atoms with Crippen LogP contribution in [0.1, 0.15) is 10.4 Å². The average molecular weight is 306 g/mol. The number of hydrogen-bond donors (Lipinski definition) is 1. The molecule has 0 bridgehead atoms. The van der Waals surface area contributed by atoms with Crippen molar-refractivity contribution < 1.29 is 9.53 Å². The molecule has 114 valence electrons. The summed E-state index contributed by atoms with van der Waals surface area (Å²) in [5, 5.41) is 3.00. The van der Waals surface area contributed by atoms with Crippen LogP contribution in [0.4, 0.5) is 0 Å². The number of benzene rings is 1. The van der Waals surface area contributed by atoms with Crippen molar-refractivity contribution in [1.82, 2.24) is 10.2 Å². The fourth-order valence-corrected chi connectivity index (χ4v) is 2.96. The first-order valence-electron chi connectivity index (χ1n) is 7.22. The van der Waals surface area contributed by atoms with E-state index < -0.39 is 0 Å². The third kappa shape index (κ3) is 5.19. The summed E-state index contributed by atoms with van der Waals surface area (Å²) in [6.07, 6.45) is 1.85. The molecule has 1 N–H and O–H groups in total. The summed E-state index contributed by atoms with van der Waals surface area (Å²) in [6, 6.07) is 7.70. The maximum absolute atomic E-state index is 12.3. The summed E-state index contributed by atoms with van der Waals surface area (Å²) < 4.78 is 5.31. The SMILES string of the molecule is C=CCSc1ccccc1C(=O)NCCN1CCOCC1. The predicted molar refractivity (Wildman–Crippen MR) is 87.0 cm³/mol. The monoisotopic (exact) mass is 306 g/mol. The lowest BCUT2D eigenvalue weighted by Crippen LogP contribution is -2.41. The van der Waals surface area contributed by atoms with E-state index in [0.717, 1.165) is 49.1 Å². The molecule has 0 aliphatic carbocycles. The van der Waals surface area contributed by atoms with E-state index in [4.69, 9.17) is 4.74 Å². The van der Waals surface area contributed by atoms with Gasteiger partial charge >= 0.3 is 0 Å². The molecular weight excluding hydrogens is 284 g/mol. The van der Waals surface area contributed by atoms with Crippen LogP contribution in [0.5, 0.6) is 0 Å². The molecule has 2 rings (SSSR count). The van der Waals surface area contributed by atoms with E-state index in [1.54, 1.807) is 11.8 Å². The molecule has 1 aromatic rings. The molecule has 0 atom stereocenters. The van der Waals surface area contributed by atoms with Gasteiger partial charge in [-0.25, -0.2) is 0 Å². The van der Waals surface area contributed by atoms with Crippen molar-refractivity contribution in [3.05, 3.63) is 42.5 Å². The molecule has 21 heavy (non-hydrogen) atoms. The van der Waals surface area contributed by atoms with Crippen molar-refractivity contribution in [3.63, 3.8) is 0 Å². The highest BCUT2D eigenvalue weighted by Gasteiger charge is 2.13. The highest BCUT2D eigenvalue weighted by Crippen LogP contribution is 2.22. The van der Waals surface area contributed by atoms with Crippen LogP contribution in [-0.4, -0.2) is 56.0 Å². The smallest absolute Gasteiger partial charge is 0.252 e. The van der Waals surface area contributed by atoms with Gasteiger partial charge in [0.05, 0.1) is 18.8 Å². The van der Waals surface area contributed by atoms with Crippen LogP contribution in [0.15, 0.2) is 41.8 Å². The molecule has 5 heteroatoms. The Morgan fingerprint density at radius 3 is 2.90 bits per heavy atom. The van der Waals surface area contributed by atoms with Gasteiger partial charge in [-0.2, -0.15) is 0 Å². The molecule has 0 aromatic heterocycles. The highest BCUT2D eigenvalue weighted by atomic mass is 32.2. The minimum absolute atomic E-state index is 0.00424. The minimum atomic E-state index is -0.00424. The molecule has 1 amide bonds. The second-order valence-electron chi connectivity index (χ2n) is 4.81. The Labute approximate surface area is 130 Å². The van der Waals surface area contributed by atoms with E-state index in [1.807, 2.05) is 30.3 Å². The molecule has 1 aliphatic rings. The molecule has 0 saturated carbocycles. The Morgan fingerprint density at radius 2 is 2.14 bits per heavy atom. The Kier molecular flexibility index (Phi) is 6.79. The standard InChI is InChI=1S/C16H22N2O2S/c1-2-13-21-15-6-4-3-5-14(15)16(19)17-7-8-18-9-11-20-12-10-18/h2-6H,1,7-13H2,(H,17,19). The molecular formula is C16H22N2O2S. The first-order valence-corrected chi connectivity index (χ1v) is 8.21. The third-order valence-corrected chi connectivity index (χ3v) is 4.38. The maximum atomic E-state index is 12.3. The van der Waals surface area contributed by atoms with E-state index in [2.05, 4.69) is 16.8 Å². The van der Waals surface area contributed by atoms with E-state index >= 15 is 0 Å². The number of rotatable bonds is 7. The number of ether oxygens (including phenoxy) is 1. The Morgan fingerprint density at radius 1 is 1.38 bits per heavy atom. The molecule has 1 aliphatic heterocycles. The molecule has 0 unspecified atom stereocenters. The van der Waals surface area contributed by atoms with E-state index in [-0.39, 0.29) is 5.91 Å². The summed E-state index contributed by atoms with van der Waals surface area (Å²) in [6.45, 7) is 8.72. The first kappa shape index (κ1) is 16.1. The zero-order valence-electron chi connectivity index (χ0n) is 12.2. The van der Waals surface area contributed by atoms with Gasteiger partial charge in [0.25, 0.3) is 5.91 Å². The number of nitrogens with one attached hydrogen (secondary N) is 1. The topological polar surface area (TPSA) is 41.6 Å². The van der Waals surface area contributed by atoms with Crippen molar-refractivity contribution in [3.8, 4) is 0 Å². The van der Waals surface area contributed by atoms with Crippen molar-refractivity contribution in [2.24, 2.45) is 0 Å². The lowest BCUT2D eigenvalue weighted by Gasteiger charge is -2.26. The van der Waals surface area contributed by atoms with Gasteiger partial charge in [-0.1, -0.05) is 18.2 Å². The van der Waals surface area contributed by atoms with E-state index in [9.17, 15) is 4.79 Å². The molecule has 0 radical (unpaired) electrons. The number of carbonyl (C=O) groups is 1. The van der Waals surface area contributed by atoms with Crippen molar-refractivity contribution in [1.29, 1.82) is 0 Å². The number of thioether (sulfide) groups is 1. The van der Waals surface area contributed by atoms with Gasteiger partial charge in [0.1, 0.15) is 0 Å². The summed E-state index contributed by atoms with van der Waals surface area (Å²) in [7, 11) is 0. The predicted octanol–water partition coefficient (Wildman–Crippen LogP) is 2.03. The van der Waals surface area contributed by atoms with Crippen LogP contribution < -0.4 is 5.32 Å². The van der Waals surface area contributed by atoms with Crippen LogP contribution in [0.25, 0.3) is 0 Å². The Hall–Kier alpha value is -1.30. The number of hydrogen-bond acceptors (Lipinski definition) is 4. The van der Waals surface area contributed by atoms with Gasteiger partial charge in [0.2, 0.25) is 0 Å². The van der Waals surface area contributed by atoms with Gasteiger partial charge in [0, 0.05) is 36.8 Å². The number of nitrogens with zero attached hydrogens (tertiary/aromatic N) is 1. The third-order valence-electron chi connectivity index (χ3n) is 3.31.